The van der Waals surface area contributed by atoms with Crippen molar-refractivity contribution in [1.29, 1.82) is 0 Å². The summed E-state index contributed by atoms with van der Waals surface area (Å²) in [4.78, 5) is 10.8. The predicted molar refractivity (Wildman–Crippen MR) is 79.1 cm³/mol. The van der Waals surface area contributed by atoms with Crippen molar-refractivity contribution in [2.24, 2.45) is 0 Å². The zero-order valence-corrected chi connectivity index (χ0v) is 12.0. The van der Waals surface area contributed by atoms with E-state index in [1.807, 2.05) is 18.2 Å². The molecule has 4 nitrogen and oxygen atoms in total. The molecule has 1 aliphatic carbocycles. The second kappa shape index (κ2) is 7.70. The number of rotatable bonds is 7. The van der Waals surface area contributed by atoms with E-state index in [-0.39, 0.29) is 13.2 Å². The van der Waals surface area contributed by atoms with E-state index in [1.54, 1.807) is 6.07 Å². The summed E-state index contributed by atoms with van der Waals surface area (Å²) in [5, 5.41) is 8.86. The van der Waals surface area contributed by atoms with Crippen LogP contribution in [-0.4, -0.2) is 24.0 Å². The normalized spacial score (nSPS) is 16.3. The van der Waals surface area contributed by atoms with Gasteiger partial charge in [-0.2, -0.15) is 0 Å². The molecule has 0 amide bonds. The monoisotopic (exact) mass is 288 g/mol. The summed E-state index contributed by atoms with van der Waals surface area (Å²) < 4.78 is 11.2. The smallest absolute Gasteiger partial charge is 0.304 e. The van der Waals surface area contributed by atoms with Crippen LogP contribution in [0.4, 0.5) is 0 Å². The fourth-order valence-electron chi connectivity index (χ4n) is 2.52. The van der Waals surface area contributed by atoms with Gasteiger partial charge in [-0.3, -0.25) is 4.79 Å². The zero-order valence-electron chi connectivity index (χ0n) is 12.0. The Labute approximate surface area is 125 Å². The number of carboxylic acid groups (broad SMARTS) is 1. The molecule has 1 aromatic rings. The molecule has 21 heavy (non-hydrogen) atoms. The first kappa shape index (κ1) is 15.4. The average molecular weight is 288 g/mol. The lowest BCUT2D eigenvalue weighted by molar-refractivity contribution is -0.137. The molecule has 1 saturated carbocycles. The lowest BCUT2D eigenvalue weighted by Crippen LogP contribution is -2.12. The summed E-state index contributed by atoms with van der Waals surface area (Å²) in [6.07, 6.45) is 10.3. The van der Waals surface area contributed by atoms with E-state index in [1.165, 1.54) is 12.8 Å². The fourth-order valence-corrected chi connectivity index (χ4v) is 2.52. The van der Waals surface area contributed by atoms with Gasteiger partial charge in [0.2, 0.25) is 0 Å². The molecule has 0 unspecified atom stereocenters. The number of benzene rings is 1. The highest BCUT2D eigenvalue weighted by molar-refractivity contribution is 5.69. The molecule has 0 radical (unpaired) electrons. The van der Waals surface area contributed by atoms with Crippen LogP contribution < -0.4 is 4.74 Å². The molecule has 0 saturated heterocycles. The van der Waals surface area contributed by atoms with Gasteiger partial charge in [-0.05, 0) is 30.5 Å². The molecular formula is C17H20O4. The molecule has 4 heteroatoms. The van der Waals surface area contributed by atoms with Crippen molar-refractivity contribution in [3.63, 3.8) is 0 Å². The molecule has 1 atom stereocenters. The van der Waals surface area contributed by atoms with Crippen molar-refractivity contribution in [3.05, 3.63) is 29.8 Å². The Bertz CT molecular complexity index is 512. The van der Waals surface area contributed by atoms with Gasteiger partial charge in [0.25, 0.3) is 0 Å². The third kappa shape index (κ3) is 4.80. The van der Waals surface area contributed by atoms with Gasteiger partial charge < -0.3 is 14.6 Å². The second-order valence-corrected chi connectivity index (χ2v) is 5.22. The molecule has 0 aliphatic heterocycles. The Morgan fingerprint density at radius 2 is 2.19 bits per heavy atom. The van der Waals surface area contributed by atoms with Gasteiger partial charge in [-0.1, -0.05) is 30.9 Å². The molecule has 1 aromatic carbocycles. The van der Waals surface area contributed by atoms with Crippen molar-refractivity contribution in [2.75, 3.05) is 6.79 Å². The number of terminal acetylenes is 1. The van der Waals surface area contributed by atoms with Gasteiger partial charge in [0, 0.05) is 0 Å². The minimum absolute atomic E-state index is 0.0848. The van der Waals surface area contributed by atoms with Crippen LogP contribution >= 0.6 is 0 Å². The van der Waals surface area contributed by atoms with Gasteiger partial charge in [-0.15, -0.1) is 6.42 Å². The predicted octanol–water partition coefficient (Wildman–Crippen LogP) is 3.17. The van der Waals surface area contributed by atoms with E-state index in [0.29, 0.717) is 11.9 Å². The first-order chi connectivity index (χ1) is 10.2. The summed E-state index contributed by atoms with van der Waals surface area (Å²) >= 11 is 0. The Kier molecular flexibility index (Phi) is 5.65. The molecule has 0 aromatic heterocycles. The van der Waals surface area contributed by atoms with Crippen LogP contribution in [0.25, 0.3) is 0 Å². The highest BCUT2D eigenvalue weighted by Gasteiger charge is 2.16. The quantitative estimate of drug-likeness (QED) is 0.618. The Morgan fingerprint density at radius 1 is 1.43 bits per heavy atom. The number of hydrogen-bond acceptors (Lipinski definition) is 3. The van der Waals surface area contributed by atoms with Gasteiger partial charge in [-0.25, -0.2) is 0 Å². The molecule has 1 aliphatic rings. The van der Waals surface area contributed by atoms with Crippen LogP contribution in [0.1, 0.15) is 43.6 Å². The molecule has 1 N–H and O–H groups in total. The van der Waals surface area contributed by atoms with Crippen molar-refractivity contribution in [3.8, 4) is 18.1 Å². The molecule has 0 spiro atoms. The third-order valence-electron chi connectivity index (χ3n) is 3.67. The molecular weight excluding hydrogens is 268 g/mol. The highest BCUT2D eigenvalue weighted by Crippen LogP contribution is 2.24. The van der Waals surface area contributed by atoms with Crippen LogP contribution in [0, 0.1) is 12.3 Å². The van der Waals surface area contributed by atoms with Crippen LogP contribution in [0.15, 0.2) is 24.3 Å². The highest BCUT2D eigenvalue weighted by atomic mass is 16.7. The Morgan fingerprint density at radius 3 is 2.86 bits per heavy atom. The standard InChI is InChI=1S/C17H20O4/c1-2-13(11-17(18)19)14-6-5-9-16(10-14)21-12-20-15-7-3-4-8-15/h1,5-6,9-10,13,15H,3-4,7-8,11-12H2,(H,18,19)/t13-/m1/s1. The second-order valence-electron chi connectivity index (χ2n) is 5.22. The minimum Gasteiger partial charge on any atom is -0.481 e. The maximum atomic E-state index is 10.8. The summed E-state index contributed by atoms with van der Waals surface area (Å²) in [5.41, 5.74) is 0.776. The van der Waals surface area contributed by atoms with Crippen molar-refractivity contribution >= 4 is 5.97 Å². The lowest BCUT2D eigenvalue weighted by atomic mass is 9.96. The zero-order chi connectivity index (χ0) is 15.1. The van der Waals surface area contributed by atoms with Crippen LogP contribution in [0.5, 0.6) is 5.75 Å². The first-order valence-electron chi connectivity index (χ1n) is 7.21. The van der Waals surface area contributed by atoms with Crippen molar-refractivity contribution in [2.45, 2.75) is 44.1 Å². The Hall–Kier alpha value is -1.99. The third-order valence-corrected chi connectivity index (χ3v) is 3.67. The van der Waals surface area contributed by atoms with E-state index in [0.717, 1.165) is 18.4 Å². The summed E-state index contributed by atoms with van der Waals surface area (Å²) in [6, 6.07) is 7.23. The van der Waals surface area contributed by atoms with Crippen molar-refractivity contribution < 1.29 is 19.4 Å². The molecule has 2 rings (SSSR count). The van der Waals surface area contributed by atoms with Gasteiger partial charge >= 0.3 is 5.97 Å². The lowest BCUT2D eigenvalue weighted by Gasteiger charge is -2.14. The maximum Gasteiger partial charge on any atom is 0.304 e. The van der Waals surface area contributed by atoms with E-state index in [4.69, 9.17) is 21.0 Å². The summed E-state index contributed by atoms with van der Waals surface area (Å²) in [5.74, 6) is 1.81. The number of carboxylic acids is 1. The molecule has 0 bridgehead atoms. The van der Waals surface area contributed by atoms with Crippen LogP contribution in [-0.2, 0) is 9.53 Å². The van der Waals surface area contributed by atoms with E-state index < -0.39 is 11.9 Å². The van der Waals surface area contributed by atoms with Crippen molar-refractivity contribution in [1.82, 2.24) is 0 Å². The van der Waals surface area contributed by atoms with E-state index in [9.17, 15) is 4.79 Å². The molecule has 1 fully saturated rings. The number of hydrogen-bond donors (Lipinski definition) is 1. The molecule has 112 valence electrons. The maximum absolute atomic E-state index is 10.8. The topological polar surface area (TPSA) is 55.8 Å². The van der Waals surface area contributed by atoms with Gasteiger partial charge in [0.05, 0.1) is 18.4 Å². The molecule has 0 heterocycles. The Balaban J connectivity index is 1.90. The number of ether oxygens (including phenoxy) is 2. The van der Waals surface area contributed by atoms with Gasteiger partial charge in [0.1, 0.15) is 5.75 Å². The minimum atomic E-state index is -0.908. The van der Waals surface area contributed by atoms with Gasteiger partial charge in [0.15, 0.2) is 6.79 Å². The van der Waals surface area contributed by atoms with Crippen LogP contribution in [0.3, 0.4) is 0 Å². The number of aliphatic carboxylic acids is 1. The van der Waals surface area contributed by atoms with E-state index >= 15 is 0 Å². The fraction of sp³-hybridized carbons (Fsp3) is 0.471. The summed E-state index contributed by atoms with van der Waals surface area (Å²) in [6.45, 7) is 0.216. The van der Waals surface area contributed by atoms with Crippen LogP contribution in [0.2, 0.25) is 0 Å². The number of carbonyl (C=O) groups is 1. The SMILES string of the molecule is C#C[C@H](CC(=O)O)c1cccc(OCOC2CCCC2)c1. The average Bonchev–Trinajstić information content (AvgIpc) is 2.98. The largest absolute Gasteiger partial charge is 0.481 e. The van der Waals surface area contributed by atoms with E-state index in [2.05, 4.69) is 5.92 Å². The summed E-state index contributed by atoms with van der Waals surface area (Å²) in [7, 11) is 0. The first-order valence-corrected chi connectivity index (χ1v) is 7.21.